The predicted octanol–water partition coefficient (Wildman–Crippen LogP) is 0.763. The van der Waals surface area contributed by atoms with Crippen LogP contribution in [0.5, 0.6) is 5.88 Å². The van der Waals surface area contributed by atoms with Gasteiger partial charge in [-0.05, 0) is 18.9 Å². The van der Waals surface area contributed by atoms with E-state index < -0.39 is 10.0 Å². The van der Waals surface area contributed by atoms with Gasteiger partial charge in [0.05, 0.1) is 12.7 Å². The van der Waals surface area contributed by atoms with Crippen LogP contribution in [0.2, 0.25) is 0 Å². The summed E-state index contributed by atoms with van der Waals surface area (Å²) in [4.78, 5) is 1.89. The van der Waals surface area contributed by atoms with Crippen molar-refractivity contribution in [3.05, 3.63) is 24.6 Å². The molecule has 130 valence electrons. The maximum absolute atomic E-state index is 12.5. The van der Waals surface area contributed by atoms with Crippen molar-refractivity contribution in [3.63, 3.8) is 0 Å². The van der Waals surface area contributed by atoms with Crippen molar-refractivity contribution in [1.29, 1.82) is 0 Å². The molecule has 3 rings (SSSR count). The first-order valence-electron chi connectivity index (χ1n) is 7.54. The van der Waals surface area contributed by atoms with E-state index >= 15 is 0 Å². The number of piperidine rings is 1. The standard InChI is InChI=1S/C14H19N5O4S/c1-18(2)13-5-6-14(17-16-13)23-11-4-3-7-19(9-11)24(20,21)12-8-15-22-10-12/h5-6,8,10-11H,3-4,7,9H2,1-2H3. The van der Waals surface area contributed by atoms with Gasteiger partial charge in [0.15, 0.2) is 5.82 Å². The number of anilines is 1. The fraction of sp³-hybridized carbons (Fsp3) is 0.500. The van der Waals surface area contributed by atoms with E-state index in [-0.39, 0.29) is 17.5 Å². The Hall–Kier alpha value is -2.20. The highest BCUT2D eigenvalue weighted by Crippen LogP contribution is 2.23. The van der Waals surface area contributed by atoms with Crippen molar-refractivity contribution in [2.24, 2.45) is 0 Å². The largest absolute Gasteiger partial charge is 0.472 e. The van der Waals surface area contributed by atoms with Crippen LogP contribution in [0, 0.1) is 0 Å². The topological polar surface area (TPSA) is 102 Å². The third-order valence-corrected chi connectivity index (χ3v) is 5.57. The van der Waals surface area contributed by atoms with Gasteiger partial charge >= 0.3 is 0 Å². The molecule has 24 heavy (non-hydrogen) atoms. The normalized spacial score (nSPS) is 19.2. The van der Waals surface area contributed by atoms with E-state index in [2.05, 4.69) is 19.9 Å². The number of nitrogens with zero attached hydrogens (tertiary/aromatic N) is 5. The summed E-state index contributed by atoms with van der Waals surface area (Å²) in [6.07, 6.45) is 3.52. The van der Waals surface area contributed by atoms with Crippen LogP contribution in [0.1, 0.15) is 12.8 Å². The molecular formula is C14H19N5O4S. The number of ether oxygens (including phenoxy) is 1. The number of hydrogen-bond donors (Lipinski definition) is 0. The lowest BCUT2D eigenvalue weighted by molar-refractivity contribution is 0.123. The summed E-state index contributed by atoms with van der Waals surface area (Å²) < 4.78 is 36.8. The van der Waals surface area contributed by atoms with E-state index in [1.54, 1.807) is 12.1 Å². The second kappa shape index (κ2) is 6.73. The zero-order valence-corrected chi connectivity index (χ0v) is 14.3. The van der Waals surface area contributed by atoms with Crippen LogP contribution in [-0.4, -0.2) is 61.4 Å². The van der Waals surface area contributed by atoms with Gasteiger partial charge in [-0.2, -0.15) is 4.31 Å². The second-order valence-electron chi connectivity index (χ2n) is 5.73. The van der Waals surface area contributed by atoms with Gasteiger partial charge in [-0.15, -0.1) is 10.2 Å². The first-order chi connectivity index (χ1) is 11.5. The minimum Gasteiger partial charge on any atom is -0.472 e. The van der Waals surface area contributed by atoms with Crippen molar-refractivity contribution in [1.82, 2.24) is 19.7 Å². The molecule has 0 spiro atoms. The van der Waals surface area contributed by atoms with Gasteiger partial charge in [-0.25, -0.2) is 8.42 Å². The van der Waals surface area contributed by atoms with Crippen molar-refractivity contribution in [2.45, 2.75) is 23.8 Å². The Morgan fingerprint density at radius 3 is 2.79 bits per heavy atom. The maximum Gasteiger partial charge on any atom is 0.248 e. The van der Waals surface area contributed by atoms with Crippen LogP contribution in [0.15, 0.2) is 34.0 Å². The highest BCUT2D eigenvalue weighted by molar-refractivity contribution is 7.89. The summed E-state index contributed by atoms with van der Waals surface area (Å²) in [6.45, 7) is 0.698. The van der Waals surface area contributed by atoms with Crippen LogP contribution < -0.4 is 9.64 Å². The monoisotopic (exact) mass is 353 g/mol. The van der Waals surface area contributed by atoms with Gasteiger partial charge in [0.25, 0.3) is 0 Å². The Labute approximate surface area is 140 Å². The fourth-order valence-electron chi connectivity index (χ4n) is 2.48. The summed E-state index contributed by atoms with van der Waals surface area (Å²) in [7, 11) is 0.141. The van der Waals surface area contributed by atoms with Crippen molar-refractivity contribution in [3.8, 4) is 5.88 Å². The summed E-state index contributed by atoms with van der Waals surface area (Å²) in [5, 5.41) is 11.5. The van der Waals surface area contributed by atoms with Gasteiger partial charge < -0.3 is 14.2 Å². The molecular weight excluding hydrogens is 334 g/mol. The molecule has 10 heteroatoms. The van der Waals surface area contributed by atoms with Gasteiger partial charge in [0.2, 0.25) is 15.9 Å². The lowest BCUT2D eigenvalue weighted by Gasteiger charge is -2.31. The first kappa shape index (κ1) is 16.7. The van der Waals surface area contributed by atoms with Crippen molar-refractivity contribution >= 4 is 15.8 Å². The lowest BCUT2D eigenvalue weighted by atomic mass is 10.1. The first-order valence-corrected chi connectivity index (χ1v) is 8.98. The maximum atomic E-state index is 12.5. The average molecular weight is 353 g/mol. The molecule has 1 unspecified atom stereocenters. The lowest BCUT2D eigenvalue weighted by Crippen LogP contribution is -2.44. The molecule has 0 aliphatic carbocycles. The van der Waals surface area contributed by atoms with Crippen LogP contribution in [0.25, 0.3) is 0 Å². The van der Waals surface area contributed by atoms with Crippen LogP contribution >= 0.6 is 0 Å². The molecule has 1 aliphatic heterocycles. The Kier molecular flexibility index (Phi) is 4.67. The fourth-order valence-corrected chi connectivity index (χ4v) is 3.85. The van der Waals surface area contributed by atoms with Crippen LogP contribution in [-0.2, 0) is 10.0 Å². The predicted molar refractivity (Wildman–Crippen MR) is 85.3 cm³/mol. The van der Waals surface area contributed by atoms with Gasteiger partial charge in [0, 0.05) is 26.7 Å². The second-order valence-corrected chi connectivity index (χ2v) is 7.67. The molecule has 0 aromatic carbocycles. The molecule has 1 atom stereocenters. The molecule has 2 aromatic rings. The SMILES string of the molecule is CN(C)c1ccc(OC2CCCN(S(=O)(=O)c3cnoc3)C2)nn1. The third-order valence-electron chi connectivity index (χ3n) is 3.76. The van der Waals surface area contributed by atoms with Crippen LogP contribution in [0.4, 0.5) is 5.82 Å². The highest BCUT2D eigenvalue weighted by atomic mass is 32.2. The van der Waals surface area contributed by atoms with Gasteiger partial charge in [-0.1, -0.05) is 5.16 Å². The molecule has 0 radical (unpaired) electrons. The smallest absolute Gasteiger partial charge is 0.248 e. The highest BCUT2D eigenvalue weighted by Gasteiger charge is 2.32. The van der Waals surface area contributed by atoms with Gasteiger partial charge in [0.1, 0.15) is 17.3 Å². The Morgan fingerprint density at radius 2 is 2.17 bits per heavy atom. The number of hydrogen-bond acceptors (Lipinski definition) is 8. The van der Waals surface area contributed by atoms with E-state index in [0.29, 0.717) is 18.8 Å². The van der Waals surface area contributed by atoms with E-state index in [0.717, 1.165) is 18.5 Å². The average Bonchev–Trinajstić information content (AvgIpc) is 3.11. The number of sulfonamides is 1. The molecule has 0 N–H and O–H groups in total. The Balaban J connectivity index is 1.67. The number of rotatable bonds is 5. The molecule has 0 saturated carbocycles. The molecule has 1 fully saturated rings. The number of aromatic nitrogens is 3. The molecule has 2 aromatic heterocycles. The minimum atomic E-state index is -3.61. The molecule has 0 amide bonds. The zero-order valence-electron chi connectivity index (χ0n) is 13.5. The molecule has 1 saturated heterocycles. The van der Waals surface area contributed by atoms with Gasteiger partial charge in [-0.3, -0.25) is 0 Å². The Bertz CT molecular complexity index is 761. The Morgan fingerprint density at radius 1 is 1.33 bits per heavy atom. The third kappa shape index (κ3) is 3.49. The quantitative estimate of drug-likeness (QED) is 0.776. The summed E-state index contributed by atoms with van der Waals surface area (Å²) in [6, 6.07) is 3.53. The molecule has 1 aliphatic rings. The minimum absolute atomic E-state index is 0.0540. The van der Waals surface area contributed by atoms with Crippen molar-refractivity contribution < 1.29 is 17.7 Å². The molecule has 0 bridgehead atoms. The van der Waals surface area contributed by atoms with E-state index in [1.165, 1.54) is 10.5 Å². The van der Waals surface area contributed by atoms with Crippen molar-refractivity contribution in [2.75, 3.05) is 32.1 Å². The van der Waals surface area contributed by atoms with E-state index in [1.807, 2.05) is 19.0 Å². The van der Waals surface area contributed by atoms with E-state index in [9.17, 15) is 8.42 Å². The summed E-state index contributed by atoms with van der Waals surface area (Å²) in [5.74, 6) is 1.11. The summed E-state index contributed by atoms with van der Waals surface area (Å²) in [5.41, 5.74) is 0. The van der Waals surface area contributed by atoms with E-state index in [4.69, 9.17) is 4.74 Å². The molecule has 3 heterocycles. The molecule has 9 nitrogen and oxygen atoms in total. The van der Waals surface area contributed by atoms with Crippen LogP contribution in [0.3, 0.4) is 0 Å². The zero-order chi connectivity index (χ0) is 17.2. The summed E-state index contributed by atoms with van der Waals surface area (Å²) >= 11 is 0.